The first-order valence-corrected chi connectivity index (χ1v) is 13.7. The van der Waals surface area contributed by atoms with E-state index in [9.17, 15) is 25.2 Å². The molecule has 1 saturated heterocycles. The predicted molar refractivity (Wildman–Crippen MR) is 132 cm³/mol. The monoisotopic (exact) mass is 489 g/mol. The highest BCUT2D eigenvalue weighted by Crippen LogP contribution is 2.28. The number of carbonyl (C=O) groups is 1. The van der Waals surface area contributed by atoms with E-state index in [1.807, 2.05) is 0 Å². The van der Waals surface area contributed by atoms with Crippen LogP contribution in [-0.4, -0.2) is 63.3 Å². The molecule has 1 aliphatic heterocycles. The maximum absolute atomic E-state index is 12.1. The molecule has 1 fully saturated rings. The molecule has 8 heteroatoms. The lowest BCUT2D eigenvalue weighted by molar-refractivity contribution is -0.406. The number of nitrogens with two attached hydrogens (primary N) is 1. The molecule has 0 amide bonds. The first-order valence-electron chi connectivity index (χ1n) is 13.7. The molecule has 0 aromatic carbocycles. The molecule has 0 aliphatic carbocycles. The van der Waals surface area contributed by atoms with Gasteiger partial charge in [0.2, 0.25) is 0 Å². The van der Waals surface area contributed by atoms with E-state index < -0.39 is 42.9 Å². The van der Waals surface area contributed by atoms with Gasteiger partial charge in [-0.2, -0.15) is 0 Å². The predicted octanol–water partition coefficient (Wildman–Crippen LogP) is 3.66. The minimum Gasteiger partial charge on any atom is -0.406 e. The Hall–Kier alpha value is -0.770. The Morgan fingerprint density at radius 3 is 1.62 bits per heavy atom. The number of rotatable bonds is 20. The van der Waals surface area contributed by atoms with Gasteiger partial charge in [0.1, 0.15) is 24.4 Å². The SMILES string of the molecule is CCCCCCCCCCCCCCCCCCCC(=O)O[C@]1(O)O[C@H](CO)[C@@H](O)[C@H](O)[C@H]1N. The summed E-state index contributed by atoms with van der Waals surface area (Å²) in [7, 11) is 0. The minimum atomic E-state index is -2.57. The zero-order valence-electron chi connectivity index (χ0n) is 21.3. The zero-order valence-corrected chi connectivity index (χ0v) is 21.3. The summed E-state index contributed by atoms with van der Waals surface area (Å²) in [6.07, 6.45) is 16.9. The topological polar surface area (TPSA) is 142 Å². The molecule has 0 unspecified atom stereocenters. The molecule has 1 aliphatic rings. The first-order chi connectivity index (χ1) is 16.4. The molecule has 5 atom stereocenters. The van der Waals surface area contributed by atoms with Gasteiger partial charge in [0.25, 0.3) is 0 Å². The van der Waals surface area contributed by atoms with Gasteiger partial charge in [-0.15, -0.1) is 0 Å². The Morgan fingerprint density at radius 1 is 0.794 bits per heavy atom. The van der Waals surface area contributed by atoms with Gasteiger partial charge in [-0.3, -0.25) is 4.79 Å². The van der Waals surface area contributed by atoms with Crippen LogP contribution in [0.1, 0.15) is 122 Å². The number of hydrogen-bond donors (Lipinski definition) is 5. The number of carbonyl (C=O) groups excluding carboxylic acids is 1. The molecule has 0 saturated carbocycles. The van der Waals surface area contributed by atoms with E-state index in [2.05, 4.69) is 6.92 Å². The average Bonchev–Trinajstić information content (AvgIpc) is 2.82. The van der Waals surface area contributed by atoms with Crippen molar-refractivity contribution in [3.63, 3.8) is 0 Å². The van der Waals surface area contributed by atoms with Crippen molar-refractivity contribution in [3.05, 3.63) is 0 Å². The molecule has 8 nitrogen and oxygen atoms in total. The largest absolute Gasteiger partial charge is 0.406 e. The summed E-state index contributed by atoms with van der Waals surface area (Å²) in [5.41, 5.74) is 5.66. The van der Waals surface area contributed by atoms with E-state index in [0.29, 0.717) is 6.42 Å². The van der Waals surface area contributed by atoms with Crippen molar-refractivity contribution in [3.8, 4) is 0 Å². The summed E-state index contributed by atoms with van der Waals surface area (Å²) in [6, 6.07) is -1.54. The second kappa shape index (κ2) is 18.5. The van der Waals surface area contributed by atoms with E-state index in [4.69, 9.17) is 15.2 Å². The zero-order chi connectivity index (χ0) is 25.2. The molecule has 0 aromatic heterocycles. The lowest BCUT2D eigenvalue weighted by Crippen LogP contribution is -2.69. The van der Waals surface area contributed by atoms with Crippen LogP contribution in [0, 0.1) is 0 Å². The highest BCUT2D eigenvalue weighted by Gasteiger charge is 2.54. The van der Waals surface area contributed by atoms with Crippen molar-refractivity contribution in [2.45, 2.75) is 153 Å². The van der Waals surface area contributed by atoms with Gasteiger partial charge in [0.15, 0.2) is 0 Å². The van der Waals surface area contributed by atoms with Crippen LogP contribution in [-0.2, 0) is 14.3 Å². The second-order valence-corrected chi connectivity index (χ2v) is 9.86. The molecule has 202 valence electrons. The van der Waals surface area contributed by atoms with Gasteiger partial charge in [0, 0.05) is 6.42 Å². The molecular weight excluding hydrogens is 438 g/mol. The normalized spacial score (nSPS) is 27.1. The van der Waals surface area contributed by atoms with Gasteiger partial charge in [-0.25, -0.2) is 0 Å². The third kappa shape index (κ3) is 12.3. The summed E-state index contributed by atoms with van der Waals surface area (Å²) in [6.45, 7) is 1.60. The minimum absolute atomic E-state index is 0.0967. The Balaban J connectivity index is 1.97. The van der Waals surface area contributed by atoms with Crippen LogP contribution in [0.15, 0.2) is 0 Å². The summed E-state index contributed by atoms with van der Waals surface area (Å²) >= 11 is 0. The van der Waals surface area contributed by atoms with E-state index in [-0.39, 0.29) is 6.42 Å². The third-order valence-corrected chi connectivity index (χ3v) is 6.76. The number of ether oxygens (including phenoxy) is 2. The molecule has 0 aromatic rings. The standard InChI is InChI=1S/C26H51NO7/c1-2-3-4-5-6-7-8-9-10-11-12-13-14-15-16-17-18-19-22(29)34-26(32)25(27)24(31)23(30)21(20-28)33-26/h21,23-25,28,30-32H,2-20,27H2,1H3/t21-,23-,24+,25-,26-/m1/s1. The van der Waals surface area contributed by atoms with Gasteiger partial charge >= 0.3 is 11.9 Å². The third-order valence-electron chi connectivity index (χ3n) is 6.76. The Kier molecular flexibility index (Phi) is 17.0. The van der Waals surface area contributed by atoms with E-state index in [1.54, 1.807) is 0 Å². The molecule has 0 spiro atoms. The highest BCUT2D eigenvalue weighted by molar-refractivity contribution is 5.69. The summed E-state index contributed by atoms with van der Waals surface area (Å²) in [5.74, 6) is -3.27. The fourth-order valence-corrected chi connectivity index (χ4v) is 4.46. The van der Waals surface area contributed by atoms with Crippen LogP contribution in [0.5, 0.6) is 0 Å². The second-order valence-electron chi connectivity index (χ2n) is 9.86. The first kappa shape index (κ1) is 31.3. The van der Waals surface area contributed by atoms with E-state index in [0.717, 1.165) is 19.3 Å². The molecule has 6 N–H and O–H groups in total. The fraction of sp³-hybridized carbons (Fsp3) is 0.962. The quantitative estimate of drug-likeness (QED) is 0.0990. The average molecular weight is 490 g/mol. The molecule has 1 heterocycles. The van der Waals surface area contributed by atoms with Crippen molar-refractivity contribution in [1.29, 1.82) is 0 Å². The summed E-state index contributed by atoms with van der Waals surface area (Å²) < 4.78 is 10.0. The number of esters is 1. The Labute approximate surface area is 206 Å². The molecule has 0 radical (unpaired) electrons. The van der Waals surface area contributed by atoms with Crippen molar-refractivity contribution in [2.24, 2.45) is 5.73 Å². The lowest BCUT2D eigenvalue weighted by Gasteiger charge is -2.44. The number of hydrogen-bond acceptors (Lipinski definition) is 8. The van der Waals surface area contributed by atoms with Crippen LogP contribution in [0.2, 0.25) is 0 Å². The van der Waals surface area contributed by atoms with E-state index in [1.165, 1.54) is 83.5 Å². The molecule has 34 heavy (non-hydrogen) atoms. The maximum Gasteiger partial charge on any atom is 0.345 e. The van der Waals surface area contributed by atoms with Crippen LogP contribution in [0.3, 0.4) is 0 Å². The van der Waals surface area contributed by atoms with Crippen molar-refractivity contribution in [1.82, 2.24) is 0 Å². The maximum atomic E-state index is 12.1. The summed E-state index contributed by atoms with van der Waals surface area (Å²) in [4.78, 5) is 12.1. The van der Waals surface area contributed by atoms with Crippen molar-refractivity contribution in [2.75, 3.05) is 6.61 Å². The molecule has 1 rings (SSSR count). The van der Waals surface area contributed by atoms with Crippen LogP contribution in [0.25, 0.3) is 0 Å². The van der Waals surface area contributed by atoms with Crippen molar-refractivity contribution >= 4 is 5.97 Å². The lowest BCUT2D eigenvalue weighted by atomic mass is 9.96. The van der Waals surface area contributed by atoms with Crippen LogP contribution in [0.4, 0.5) is 0 Å². The Bertz CT molecular complexity index is 519. The number of aliphatic hydroxyl groups excluding tert-OH is 3. The van der Waals surface area contributed by atoms with E-state index >= 15 is 0 Å². The van der Waals surface area contributed by atoms with Crippen LogP contribution < -0.4 is 5.73 Å². The Morgan fingerprint density at radius 2 is 1.21 bits per heavy atom. The van der Waals surface area contributed by atoms with Gasteiger partial charge in [0.05, 0.1) is 6.61 Å². The van der Waals surface area contributed by atoms with Gasteiger partial charge in [-0.05, 0) is 6.42 Å². The number of aliphatic hydroxyl groups is 4. The fourth-order valence-electron chi connectivity index (χ4n) is 4.46. The van der Waals surface area contributed by atoms with Gasteiger partial charge < -0.3 is 35.6 Å². The molecule has 0 bridgehead atoms. The van der Waals surface area contributed by atoms with Gasteiger partial charge in [-0.1, -0.05) is 110 Å². The highest BCUT2D eigenvalue weighted by atomic mass is 16.8. The van der Waals surface area contributed by atoms with Crippen LogP contribution >= 0.6 is 0 Å². The number of unbranched alkanes of at least 4 members (excludes halogenated alkanes) is 16. The smallest absolute Gasteiger partial charge is 0.345 e. The summed E-state index contributed by atoms with van der Waals surface area (Å²) in [5, 5.41) is 39.3. The molecular formula is C26H51NO7. The van der Waals surface area contributed by atoms with Crippen molar-refractivity contribution < 1.29 is 34.7 Å².